The summed E-state index contributed by atoms with van der Waals surface area (Å²) in [7, 11) is -1.44. The van der Waals surface area contributed by atoms with Crippen LogP contribution < -0.4 is 10.6 Å². The number of likely N-dealkylation sites (N-methyl/N-ethyl adjacent to an activating group) is 1. The predicted molar refractivity (Wildman–Crippen MR) is 60.5 cm³/mol. The van der Waals surface area contributed by atoms with Gasteiger partial charge in [0.25, 0.3) is 0 Å². The smallest absolute Gasteiger partial charge is 0.236 e. The van der Waals surface area contributed by atoms with Crippen molar-refractivity contribution < 1.29 is 13.2 Å². The summed E-state index contributed by atoms with van der Waals surface area (Å²) in [5, 5.41) is 5.43. The molecule has 2 N–H and O–H groups in total. The molecule has 0 aromatic carbocycles. The van der Waals surface area contributed by atoms with Gasteiger partial charge in [0.15, 0.2) is 9.84 Å². The third-order valence-electron chi connectivity index (χ3n) is 2.12. The van der Waals surface area contributed by atoms with Crippen molar-refractivity contribution in [2.45, 2.75) is 32.9 Å². The van der Waals surface area contributed by atoms with E-state index in [2.05, 4.69) is 10.6 Å². The van der Waals surface area contributed by atoms with E-state index in [1.54, 1.807) is 27.8 Å². The van der Waals surface area contributed by atoms with Gasteiger partial charge in [-0.15, -0.1) is 0 Å². The van der Waals surface area contributed by atoms with E-state index in [9.17, 15) is 13.2 Å². The average Bonchev–Trinajstić information content (AvgIpc) is 2.15. The van der Waals surface area contributed by atoms with Gasteiger partial charge in [0, 0.05) is 18.8 Å². The number of hydrogen-bond donors (Lipinski definition) is 2. The molecule has 2 atom stereocenters. The minimum absolute atomic E-state index is 0.0604. The third-order valence-corrected chi connectivity index (χ3v) is 4.01. The first-order valence-corrected chi connectivity index (χ1v) is 6.82. The zero-order valence-electron chi connectivity index (χ0n) is 9.70. The molecule has 5 nitrogen and oxygen atoms in total. The molecule has 0 rings (SSSR count). The normalized spacial score (nSPS) is 15.7. The van der Waals surface area contributed by atoms with Crippen molar-refractivity contribution in [3.8, 4) is 0 Å². The molecule has 0 bridgehead atoms. The van der Waals surface area contributed by atoms with Gasteiger partial charge in [-0.05, 0) is 13.8 Å². The molecule has 0 aliphatic rings. The molecule has 0 spiro atoms. The van der Waals surface area contributed by atoms with E-state index in [0.29, 0.717) is 0 Å². The van der Waals surface area contributed by atoms with Crippen LogP contribution in [0.4, 0.5) is 0 Å². The Morgan fingerprint density at radius 1 is 1.33 bits per heavy atom. The summed E-state index contributed by atoms with van der Waals surface area (Å²) < 4.78 is 22.6. The Kier molecular flexibility index (Phi) is 5.82. The fourth-order valence-corrected chi connectivity index (χ4v) is 2.36. The maximum absolute atomic E-state index is 11.3. The Labute approximate surface area is 91.5 Å². The van der Waals surface area contributed by atoms with Crippen molar-refractivity contribution in [2.24, 2.45) is 0 Å². The number of carbonyl (C=O) groups excluding carboxylic acids is 1. The molecule has 2 unspecified atom stereocenters. The quantitative estimate of drug-likeness (QED) is 0.654. The lowest BCUT2D eigenvalue weighted by Gasteiger charge is -2.18. The molecule has 15 heavy (non-hydrogen) atoms. The maximum atomic E-state index is 11.3. The van der Waals surface area contributed by atoms with E-state index < -0.39 is 9.84 Å². The first-order valence-electron chi connectivity index (χ1n) is 5.00. The number of rotatable bonds is 6. The summed E-state index contributed by atoms with van der Waals surface area (Å²) >= 11 is 0. The van der Waals surface area contributed by atoms with Gasteiger partial charge in [-0.2, -0.15) is 0 Å². The van der Waals surface area contributed by atoms with Gasteiger partial charge in [0.2, 0.25) is 5.91 Å². The molecule has 0 radical (unpaired) electrons. The standard InChI is InChI=1S/C9H20N2O3S/c1-5-15(13,14)6-7(2)11-8(3)9(12)10-4/h7-8,11H,5-6H2,1-4H3,(H,10,12). The summed E-state index contributed by atoms with van der Waals surface area (Å²) in [6, 6.07) is -0.598. The molecule has 6 heteroatoms. The van der Waals surface area contributed by atoms with Gasteiger partial charge in [-0.3, -0.25) is 4.79 Å². The fourth-order valence-electron chi connectivity index (χ4n) is 1.27. The molecular weight excluding hydrogens is 216 g/mol. The van der Waals surface area contributed by atoms with Gasteiger partial charge in [-0.25, -0.2) is 8.42 Å². The molecule has 0 fully saturated rings. The first kappa shape index (κ1) is 14.4. The third kappa shape index (κ3) is 5.74. The second-order valence-electron chi connectivity index (χ2n) is 3.60. The van der Waals surface area contributed by atoms with Gasteiger partial charge < -0.3 is 10.6 Å². The van der Waals surface area contributed by atoms with E-state index in [1.807, 2.05) is 0 Å². The van der Waals surface area contributed by atoms with Crippen molar-refractivity contribution in [3.63, 3.8) is 0 Å². The Hall–Kier alpha value is -0.620. The summed E-state index contributed by atoms with van der Waals surface area (Å²) in [6.07, 6.45) is 0. The van der Waals surface area contributed by atoms with Crippen LogP contribution in [-0.2, 0) is 14.6 Å². The lowest BCUT2D eigenvalue weighted by Crippen LogP contribution is -2.46. The maximum Gasteiger partial charge on any atom is 0.236 e. The van der Waals surface area contributed by atoms with E-state index >= 15 is 0 Å². The number of nitrogens with one attached hydrogen (secondary N) is 2. The van der Waals surface area contributed by atoms with E-state index in [4.69, 9.17) is 0 Å². The molecule has 0 aromatic rings. The van der Waals surface area contributed by atoms with E-state index in [0.717, 1.165) is 0 Å². The van der Waals surface area contributed by atoms with Crippen LogP contribution in [0.5, 0.6) is 0 Å². The van der Waals surface area contributed by atoms with Crippen molar-refractivity contribution in [2.75, 3.05) is 18.6 Å². The fraction of sp³-hybridized carbons (Fsp3) is 0.889. The van der Waals surface area contributed by atoms with Crippen LogP contribution in [-0.4, -0.2) is 45.0 Å². The van der Waals surface area contributed by atoms with Crippen LogP contribution >= 0.6 is 0 Å². The monoisotopic (exact) mass is 236 g/mol. The van der Waals surface area contributed by atoms with Crippen molar-refractivity contribution in [1.82, 2.24) is 10.6 Å². The highest BCUT2D eigenvalue weighted by Gasteiger charge is 2.18. The topological polar surface area (TPSA) is 75.3 Å². The van der Waals surface area contributed by atoms with Crippen LogP contribution in [0.2, 0.25) is 0 Å². The SMILES string of the molecule is CCS(=O)(=O)CC(C)NC(C)C(=O)NC. The largest absolute Gasteiger partial charge is 0.358 e. The molecule has 0 aliphatic heterocycles. The molecule has 0 saturated heterocycles. The zero-order valence-corrected chi connectivity index (χ0v) is 10.5. The highest BCUT2D eigenvalue weighted by molar-refractivity contribution is 7.91. The lowest BCUT2D eigenvalue weighted by molar-refractivity contribution is -0.122. The molecule has 0 aliphatic carbocycles. The minimum Gasteiger partial charge on any atom is -0.358 e. The minimum atomic E-state index is -2.99. The summed E-state index contributed by atoms with van der Waals surface area (Å²) in [4.78, 5) is 11.2. The lowest BCUT2D eigenvalue weighted by atomic mass is 10.2. The Bertz CT molecular complexity index is 300. The second kappa shape index (κ2) is 6.07. The van der Waals surface area contributed by atoms with Gasteiger partial charge in [0.05, 0.1) is 11.8 Å². The summed E-state index contributed by atoms with van der Waals surface area (Å²) in [6.45, 7) is 5.07. The number of sulfone groups is 1. The van der Waals surface area contributed by atoms with Crippen molar-refractivity contribution in [3.05, 3.63) is 0 Å². The number of carbonyl (C=O) groups is 1. The molecular formula is C9H20N2O3S. The second-order valence-corrected chi connectivity index (χ2v) is 6.00. The van der Waals surface area contributed by atoms with Crippen LogP contribution in [0.25, 0.3) is 0 Å². The van der Waals surface area contributed by atoms with Crippen LogP contribution in [0.15, 0.2) is 0 Å². The van der Waals surface area contributed by atoms with E-state index in [1.165, 1.54) is 0 Å². The highest BCUT2D eigenvalue weighted by atomic mass is 32.2. The molecule has 0 saturated carbocycles. The van der Waals surface area contributed by atoms with Crippen LogP contribution in [0, 0.1) is 0 Å². The Morgan fingerprint density at radius 2 is 1.87 bits per heavy atom. The first-order chi connectivity index (χ1) is 6.82. The number of hydrogen-bond acceptors (Lipinski definition) is 4. The van der Waals surface area contributed by atoms with Crippen molar-refractivity contribution in [1.29, 1.82) is 0 Å². The van der Waals surface area contributed by atoms with Crippen LogP contribution in [0.3, 0.4) is 0 Å². The predicted octanol–water partition coefficient (Wildman–Crippen LogP) is -0.466. The van der Waals surface area contributed by atoms with Gasteiger partial charge in [0.1, 0.15) is 0 Å². The molecule has 1 amide bonds. The van der Waals surface area contributed by atoms with Crippen molar-refractivity contribution >= 4 is 15.7 Å². The molecule has 90 valence electrons. The Balaban J connectivity index is 4.15. The Morgan fingerprint density at radius 3 is 2.27 bits per heavy atom. The zero-order chi connectivity index (χ0) is 12.1. The average molecular weight is 236 g/mol. The van der Waals surface area contributed by atoms with Crippen LogP contribution in [0.1, 0.15) is 20.8 Å². The van der Waals surface area contributed by atoms with E-state index in [-0.39, 0.29) is 29.5 Å². The molecule has 0 heterocycles. The summed E-state index contributed by atoms with van der Waals surface area (Å²) in [5.41, 5.74) is 0. The summed E-state index contributed by atoms with van der Waals surface area (Å²) in [5.74, 6) is 0.0498. The van der Waals surface area contributed by atoms with Gasteiger partial charge in [-0.1, -0.05) is 6.92 Å². The number of amides is 1. The highest BCUT2D eigenvalue weighted by Crippen LogP contribution is 1.96. The molecule has 0 aromatic heterocycles. The van der Waals surface area contributed by atoms with Gasteiger partial charge >= 0.3 is 0 Å².